The van der Waals surface area contributed by atoms with Crippen molar-refractivity contribution in [1.29, 1.82) is 0 Å². The van der Waals surface area contributed by atoms with E-state index < -0.39 is 0 Å². The Labute approximate surface area is 150 Å². The van der Waals surface area contributed by atoms with Crippen LogP contribution in [0.4, 0.5) is 0 Å². The van der Waals surface area contributed by atoms with Gasteiger partial charge < -0.3 is 14.8 Å². The summed E-state index contributed by atoms with van der Waals surface area (Å²) in [5, 5.41) is 3.09. The molecule has 0 aromatic heterocycles. The molecule has 1 atom stereocenters. The molecule has 25 heavy (non-hydrogen) atoms. The monoisotopic (exact) mass is 341 g/mol. The van der Waals surface area contributed by atoms with Gasteiger partial charge in [-0.1, -0.05) is 36.8 Å². The van der Waals surface area contributed by atoms with Crippen molar-refractivity contribution in [3.05, 3.63) is 59.2 Å². The van der Waals surface area contributed by atoms with Crippen molar-refractivity contribution < 1.29 is 14.3 Å². The number of rotatable bonds is 7. The smallest absolute Gasteiger partial charge is 0.251 e. The van der Waals surface area contributed by atoms with Gasteiger partial charge in [-0.25, -0.2) is 0 Å². The maximum atomic E-state index is 12.6. The second kappa shape index (κ2) is 8.56. The van der Waals surface area contributed by atoms with E-state index in [2.05, 4.69) is 43.4 Å². The molecule has 2 aromatic carbocycles. The largest absolute Gasteiger partial charge is 0.493 e. The highest BCUT2D eigenvalue weighted by molar-refractivity contribution is 5.95. The van der Waals surface area contributed by atoms with Crippen LogP contribution in [-0.4, -0.2) is 19.1 Å². The summed E-state index contributed by atoms with van der Waals surface area (Å²) in [5.41, 5.74) is 2.86. The lowest BCUT2D eigenvalue weighted by Gasteiger charge is -2.19. The summed E-state index contributed by atoms with van der Waals surface area (Å²) in [6.07, 6.45) is 0.861. The maximum absolute atomic E-state index is 12.6. The Balaban J connectivity index is 2.17. The quantitative estimate of drug-likeness (QED) is 0.796. The minimum Gasteiger partial charge on any atom is -0.493 e. The van der Waals surface area contributed by atoms with Gasteiger partial charge in [0.1, 0.15) is 0 Å². The number of nitrogens with one attached hydrogen (secondary N) is 1. The lowest BCUT2D eigenvalue weighted by Crippen LogP contribution is -2.28. The van der Waals surface area contributed by atoms with Crippen LogP contribution in [-0.2, 0) is 0 Å². The van der Waals surface area contributed by atoms with Gasteiger partial charge in [-0.05, 0) is 51.0 Å². The predicted octanol–water partition coefficient (Wildman–Crippen LogP) is 4.67. The molecule has 0 bridgehead atoms. The van der Waals surface area contributed by atoms with Gasteiger partial charge in [0.2, 0.25) is 0 Å². The summed E-state index contributed by atoms with van der Waals surface area (Å²) in [4.78, 5) is 12.6. The van der Waals surface area contributed by atoms with E-state index in [1.54, 1.807) is 25.3 Å². The zero-order valence-corrected chi connectivity index (χ0v) is 15.6. The molecule has 0 heterocycles. The Morgan fingerprint density at radius 2 is 1.76 bits per heavy atom. The SMILES string of the molecule is CCC(NC(=O)c1ccc(OC(C)C)c(OC)c1)c1ccc(C)cc1. The average molecular weight is 341 g/mol. The molecule has 0 saturated heterocycles. The van der Waals surface area contributed by atoms with E-state index in [0.717, 1.165) is 12.0 Å². The van der Waals surface area contributed by atoms with Crippen molar-refractivity contribution in [2.45, 2.75) is 46.3 Å². The number of carbonyl (C=O) groups is 1. The van der Waals surface area contributed by atoms with E-state index >= 15 is 0 Å². The third kappa shape index (κ3) is 4.99. The molecule has 2 rings (SSSR count). The number of hydrogen-bond acceptors (Lipinski definition) is 3. The number of aryl methyl sites for hydroxylation is 1. The van der Waals surface area contributed by atoms with Gasteiger partial charge in [0.05, 0.1) is 19.3 Å². The molecule has 0 spiro atoms. The first-order valence-electron chi connectivity index (χ1n) is 8.66. The summed E-state index contributed by atoms with van der Waals surface area (Å²) >= 11 is 0. The third-order valence-electron chi connectivity index (χ3n) is 3.98. The minimum absolute atomic E-state index is 0.0225. The second-order valence-corrected chi connectivity index (χ2v) is 6.38. The number of ether oxygens (including phenoxy) is 2. The number of amides is 1. The molecule has 1 unspecified atom stereocenters. The van der Waals surface area contributed by atoms with Crippen molar-refractivity contribution >= 4 is 5.91 Å². The zero-order valence-electron chi connectivity index (χ0n) is 15.6. The molecule has 1 amide bonds. The lowest BCUT2D eigenvalue weighted by molar-refractivity contribution is 0.0935. The molecule has 1 N–H and O–H groups in total. The van der Waals surface area contributed by atoms with Crippen molar-refractivity contribution in [2.24, 2.45) is 0 Å². The van der Waals surface area contributed by atoms with E-state index in [1.165, 1.54) is 5.56 Å². The van der Waals surface area contributed by atoms with Crippen molar-refractivity contribution in [1.82, 2.24) is 5.32 Å². The molecule has 0 aliphatic heterocycles. The Morgan fingerprint density at radius 1 is 1.08 bits per heavy atom. The maximum Gasteiger partial charge on any atom is 0.251 e. The van der Waals surface area contributed by atoms with Crippen molar-refractivity contribution in [3.63, 3.8) is 0 Å². The fourth-order valence-corrected chi connectivity index (χ4v) is 2.62. The lowest BCUT2D eigenvalue weighted by atomic mass is 10.0. The van der Waals surface area contributed by atoms with Gasteiger partial charge in [0.15, 0.2) is 11.5 Å². The van der Waals surface area contributed by atoms with E-state index in [-0.39, 0.29) is 18.1 Å². The topological polar surface area (TPSA) is 47.6 Å². The van der Waals surface area contributed by atoms with Crippen LogP contribution in [0, 0.1) is 6.92 Å². The minimum atomic E-state index is -0.123. The van der Waals surface area contributed by atoms with Crippen LogP contribution in [0.2, 0.25) is 0 Å². The summed E-state index contributed by atoms with van der Waals surface area (Å²) in [6, 6.07) is 13.5. The van der Waals surface area contributed by atoms with Gasteiger partial charge in [0.25, 0.3) is 5.91 Å². The number of hydrogen-bond donors (Lipinski definition) is 1. The number of carbonyl (C=O) groups excluding carboxylic acids is 1. The number of methoxy groups -OCH3 is 1. The van der Waals surface area contributed by atoms with E-state index in [0.29, 0.717) is 17.1 Å². The molecule has 0 radical (unpaired) electrons. The Bertz CT molecular complexity index is 708. The fraction of sp³-hybridized carbons (Fsp3) is 0.381. The van der Waals surface area contributed by atoms with E-state index in [4.69, 9.17) is 9.47 Å². The van der Waals surface area contributed by atoms with Crippen LogP contribution in [0.15, 0.2) is 42.5 Å². The Morgan fingerprint density at radius 3 is 2.32 bits per heavy atom. The van der Waals surface area contributed by atoms with Crippen molar-refractivity contribution in [3.8, 4) is 11.5 Å². The Hall–Kier alpha value is -2.49. The molecule has 0 saturated carbocycles. The van der Waals surface area contributed by atoms with Gasteiger partial charge in [-0.2, -0.15) is 0 Å². The molecule has 134 valence electrons. The average Bonchev–Trinajstić information content (AvgIpc) is 2.60. The second-order valence-electron chi connectivity index (χ2n) is 6.38. The molecule has 0 fully saturated rings. The van der Waals surface area contributed by atoms with Crippen LogP contribution >= 0.6 is 0 Å². The summed E-state index contributed by atoms with van der Waals surface area (Å²) in [7, 11) is 1.57. The fourth-order valence-electron chi connectivity index (χ4n) is 2.62. The standard InChI is InChI=1S/C21H27NO3/c1-6-18(16-9-7-15(4)8-10-16)22-21(23)17-11-12-19(25-14(2)3)20(13-17)24-5/h7-14,18H,6H2,1-5H3,(H,22,23). The summed E-state index contributed by atoms with van der Waals surface area (Å²) < 4.78 is 11.1. The molecule has 0 aliphatic carbocycles. The normalized spacial score (nSPS) is 11.9. The highest BCUT2D eigenvalue weighted by Gasteiger charge is 2.16. The van der Waals surface area contributed by atoms with Crippen LogP contribution in [0.1, 0.15) is 54.7 Å². The van der Waals surface area contributed by atoms with Crippen LogP contribution in [0.3, 0.4) is 0 Å². The van der Waals surface area contributed by atoms with Crippen LogP contribution in [0.5, 0.6) is 11.5 Å². The highest BCUT2D eigenvalue weighted by Crippen LogP contribution is 2.29. The summed E-state index contributed by atoms with van der Waals surface area (Å²) in [5.74, 6) is 1.08. The molecular formula is C21H27NO3. The predicted molar refractivity (Wildman–Crippen MR) is 100 cm³/mol. The molecule has 4 nitrogen and oxygen atoms in total. The highest BCUT2D eigenvalue weighted by atomic mass is 16.5. The molecule has 4 heteroatoms. The third-order valence-corrected chi connectivity index (χ3v) is 3.98. The first kappa shape index (κ1) is 18.8. The zero-order chi connectivity index (χ0) is 18.4. The Kier molecular flexibility index (Phi) is 6.45. The van der Waals surface area contributed by atoms with Gasteiger partial charge in [0, 0.05) is 5.56 Å². The van der Waals surface area contributed by atoms with Gasteiger partial charge >= 0.3 is 0 Å². The molecular weight excluding hydrogens is 314 g/mol. The first-order chi connectivity index (χ1) is 11.9. The first-order valence-corrected chi connectivity index (χ1v) is 8.66. The summed E-state index contributed by atoms with van der Waals surface area (Å²) in [6.45, 7) is 8.02. The molecule has 0 aliphatic rings. The van der Waals surface area contributed by atoms with Gasteiger partial charge in [-0.15, -0.1) is 0 Å². The van der Waals surface area contributed by atoms with Crippen LogP contribution < -0.4 is 14.8 Å². The van der Waals surface area contributed by atoms with Gasteiger partial charge in [-0.3, -0.25) is 4.79 Å². The van der Waals surface area contributed by atoms with Crippen molar-refractivity contribution in [2.75, 3.05) is 7.11 Å². The van der Waals surface area contributed by atoms with E-state index in [1.807, 2.05) is 13.8 Å². The number of benzene rings is 2. The van der Waals surface area contributed by atoms with Crippen LogP contribution in [0.25, 0.3) is 0 Å². The molecule has 2 aromatic rings. The van der Waals surface area contributed by atoms with E-state index in [9.17, 15) is 4.79 Å².